The van der Waals surface area contributed by atoms with Gasteiger partial charge in [0.1, 0.15) is 0 Å². The maximum Gasteiger partial charge on any atom is 0.261 e. The molecule has 0 saturated heterocycles. The van der Waals surface area contributed by atoms with E-state index in [0.717, 1.165) is 11.8 Å². The summed E-state index contributed by atoms with van der Waals surface area (Å²) in [5, 5.41) is 10.2. The Labute approximate surface area is 179 Å². The normalized spacial score (nSPS) is 16.6. The Kier molecular flexibility index (Phi) is 8.26. The van der Waals surface area contributed by atoms with Crippen molar-refractivity contribution in [3.63, 3.8) is 0 Å². The molecule has 0 bridgehead atoms. The number of hydrogen-bond acceptors (Lipinski definition) is 4. The van der Waals surface area contributed by atoms with Gasteiger partial charge in [-0.1, -0.05) is 63.5 Å². The fourth-order valence-electron chi connectivity index (χ4n) is 4.34. The molecule has 0 spiro atoms. The Hall–Kier alpha value is -2.40. The number of carbonyl (C=O) groups is 2. The van der Waals surface area contributed by atoms with Crippen LogP contribution in [0.3, 0.4) is 0 Å². The highest BCUT2D eigenvalue weighted by Crippen LogP contribution is 2.33. The molecule has 4 rings (SSSR count). The number of carbonyl (C=O) groups excluding carboxylic acids is 2. The number of nitrogens with two attached hydrogens (primary N) is 1. The highest BCUT2D eigenvalue weighted by Gasteiger charge is 2.32. The van der Waals surface area contributed by atoms with Crippen LogP contribution in [0, 0.1) is 0 Å². The molecule has 1 aliphatic carbocycles. The molecule has 0 unspecified atom stereocenters. The molecule has 1 fully saturated rings. The Balaban J connectivity index is 0.000000269. The lowest BCUT2D eigenvalue weighted by molar-refractivity contribution is 0.0607. The van der Waals surface area contributed by atoms with Gasteiger partial charge in [0.25, 0.3) is 11.8 Å². The molecule has 0 aromatic heterocycles. The maximum absolute atomic E-state index is 12.6. The first kappa shape index (κ1) is 22.3. The van der Waals surface area contributed by atoms with Gasteiger partial charge in [0.15, 0.2) is 0 Å². The zero-order chi connectivity index (χ0) is 21.3. The maximum atomic E-state index is 12.6. The average molecular weight is 411 g/mol. The van der Waals surface area contributed by atoms with Crippen LogP contribution in [0.15, 0.2) is 30.3 Å². The smallest absolute Gasteiger partial charge is 0.261 e. The number of anilines is 1. The Morgan fingerprint density at radius 1 is 0.767 bits per heavy atom. The van der Waals surface area contributed by atoms with Crippen molar-refractivity contribution < 1.29 is 14.7 Å². The topological polar surface area (TPSA) is 83.6 Å². The molecule has 2 aromatic carbocycles. The lowest BCUT2D eigenvalue weighted by atomic mass is 9.93. The summed E-state index contributed by atoms with van der Waals surface area (Å²) >= 11 is 0. The third-order valence-electron chi connectivity index (χ3n) is 6.07. The number of rotatable bonds is 5. The fraction of sp³-hybridized carbons (Fsp3) is 0.520. The standard InChI is InChI=1S/C17H18N2O3.C8H16/c18-14-8-7-13-15-11(14)5-4-6-12(15)16(21)19(17(13)22)9-2-1-3-10-20;1-2-4-6-8-7-5-3-1/h4-8,20H,1-3,9-10,18H2;1-8H2. The Morgan fingerprint density at radius 3 is 1.90 bits per heavy atom. The average Bonchev–Trinajstić information content (AvgIpc) is 2.72. The zero-order valence-electron chi connectivity index (χ0n) is 17.9. The second-order valence-corrected chi connectivity index (χ2v) is 8.31. The monoisotopic (exact) mass is 410 g/mol. The summed E-state index contributed by atoms with van der Waals surface area (Å²) in [4.78, 5) is 26.5. The number of amides is 2. The van der Waals surface area contributed by atoms with Gasteiger partial charge in [0.05, 0.1) is 0 Å². The largest absolute Gasteiger partial charge is 0.398 e. The summed E-state index contributed by atoms with van der Waals surface area (Å²) in [6.07, 6.45) is 14.2. The van der Waals surface area contributed by atoms with Gasteiger partial charge in [-0.25, -0.2) is 0 Å². The molecule has 2 aliphatic rings. The van der Waals surface area contributed by atoms with E-state index >= 15 is 0 Å². The van der Waals surface area contributed by atoms with Gasteiger partial charge in [0, 0.05) is 40.7 Å². The van der Waals surface area contributed by atoms with Gasteiger partial charge in [-0.05, 0) is 37.5 Å². The molecule has 5 heteroatoms. The summed E-state index contributed by atoms with van der Waals surface area (Å²) < 4.78 is 0. The molecule has 0 radical (unpaired) electrons. The molecule has 0 atom stereocenters. The van der Waals surface area contributed by atoms with Crippen molar-refractivity contribution in [3.05, 3.63) is 41.5 Å². The molecule has 2 aromatic rings. The van der Waals surface area contributed by atoms with E-state index in [0.29, 0.717) is 41.6 Å². The Morgan fingerprint density at radius 2 is 1.33 bits per heavy atom. The molecule has 30 heavy (non-hydrogen) atoms. The van der Waals surface area contributed by atoms with Gasteiger partial charge in [0.2, 0.25) is 0 Å². The molecule has 5 nitrogen and oxygen atoms in total. The van der Waals surface area contributed by atoms with Gasteiger partial charge < -0.3 is 10.8 Å². The minimum Gasteiger partial charge on any atom is -0.398 e. The summed E-state index contributed by atoms with van der Waals surface area (Å²) in [5.41, 5.74) is 7.58. The predicted molar refractivity (Wildman–Crippen MR) is 122 cm³/mol. The molecule has 162 valence electrons. The van der Waals surface area contributed by atoms with Crippen LogP contribution in [0.4, 0.5) is 5.69 Å². The number of aliphatic hydroxyl groups excluding tert-OH is 1. The number of hydrogen-bond donors (Lipinski definition) is 2. The van der Waals surface area contributed by atoms with Gasteiger partial charge >= 0.3 is 0 Å². The summed E-state index contributed by atoms with van der Waals surface area (Å²) in [5.74, 6) is -0.532. The van der Waals surface area contributed by atoms with E-state index in [-0.39, 0.29) is 18.4 Å². The highest BCUT2D eigenvalue weighted by molar-refractivity contribution is 6.26. The molecule has 2 amide bonds. The van der Waals surface area contributed by atoms with Gasteiger partial charge in [-0.15, -0.1) is 0 Å². The van der Waals surface area contributed by atoms with Crippen LogP contribution in [0.25, 0.3) is 10.8 Å². The second-order valence-electron chi connectivity index (χ2n) is 8.31. The van der Waals surface area contributed by atoms with E-state index in [1.165, 1.54) is 56.3 Å². The van der Waals surface area contributed by atoms with Crippen LogP contribution in [0.2, 0.25) is 0 Å². The summed E-state index contributed by atoms with van der Waals surface area (Å²) in [6.45, 7) is 0.501. The van der Waals surface area contributed by atoms with Crippen LogP contribution >= 0.6 is 0 Å². The fourth-order valence-corrected chi connectivity index (χ4v) is 4.34. The van der Waals surface area contributed by atoms with E-state index in [2.05, 4.69) is 0 Å². The van der Waals surface area contributed by atoms with E-state index in [9.17, 15) is 9.59 Å². The van der Waals surface area contributed by atoms with Crippen molar-refractivity contribution in [2.45, 2.75) is 70.6 Å². The minimum atomic E-state index is -0.266. The highest BCUT2D eigenvalue weighted by atomic mass is 16.3. The second kappa shape index (κ2) is 11.1. The van der Waals surface area contributed by atoms with Crippen molar-refractivity contribution in [2.75, 3.05) is 18.9 Å². The summed E-state index contributed by atoms with van der Waals surface area (Å²) in [7, 11) is 0. The SMILES string of the molecule is C1CCCCCCC1.Nc1ccc2c3c(cccc13)C(=O)N(CCCCCO)C2=O. The molecular weight excluding hydrogens is 376 g/mol. The molecular formula is C25H34N2O3. The minimum absolute atomic E-state index is 0.128. The molecule has 3 N–H and O–H groups in total. The quantitative estimate of drug-likeness (QED) is 0.398. The first-order valence-electron chi connectivity index (χ1n) is 11.4. The van der Waals surface area contributed by atoms with Crippen LogP contribution < -0.4 is 5.73 Å². The molecule has 1 aliphatic heterocycles. The lowest BCUT2D eigenvalue weighted by Gasteiger charge is -2.27. The number of benzene rings is 2. The number of aliphatic hydroxyl groups is 1. The van der Waals surface area contributed by atoms with Gasteiger partial charge in [-0.2, -0.15) is 0 Å². The van der Waals surface area contributed by atoms with Crippen molar-refractivity contribution in [1.29, 1.82) is 0 Å². The summed E-state index contributed by atoms with van der Waals surface area (Å²) in [6, 6.07) is 8.75. The van der Waals surface area contributed by atoms with Gasteiger partial charge in [-0.3, -0.25) is 14.5 Å². The van der Waals surface area contributed by atoms with Crippen molar-refractivity contribution >= 4 is 28.3 Å². The van der Waals surface area contributed by atoms with Crippen LogP contribution in [-0.2, 0) is 0 Å². The Bertz CT molecular complexity index is 832. The number of nitrogen functional groups attached to an aromatic ring is 1. The third-order valence-corrected chi connectivity index (χ3v) is 6.07. The molecule has 1 heterocycles. The predicted octanol–water partition coefficient (Wildman–Crippen LogP) is 5.30. The zero-order valence-corrected chi connectivity index (χ0v) is 17.9. The van der Waals surface area contributed by atoms with E-state index in [4.69, 9.17) is 10.8 Å². The van der Waals surface area contributed by atoms with E-state index < -0.39 is 0 Å². The number of imide groups is 1. The van der Waals surface area contributed by atoms with Crippen molar-refractivity contribution in [1.82, 2.24) is 4.90 Å². The third kappa shape index (κ3) is 5.20. The van der Waals surface area contributed by atoms with E-state index in [1.807, 2.05) is 6.07 Å². The molecule has 1 saturated carbocycles. The first-order valence-corrected chi connectivity index (χ1v) is 11.4. The van der Waals surface area contributed by atoms with Crippen LogP contribution in [-0.4, -0.2) is 35.0 Å². The van der Waals surface area contributed by atoms with Crippen molar-refractivity contribution in [3.8, 4) is 0 Å². The first-order chi connectivity index (χ1) is 14.6. The number of unbranched alkanes of at least 4 members (excludes halogenated alkanes) is 2. The van der Waals surface area contributed by atoms with E-state index in [1.54, 1.807) is 24.3 Å². The van der Waals surface area contributed by atoms with Crippen LogP contribution in [0.1, 0.15) is 91.3 Å². The number of nitrogens with zero attached hydrogens (tertiary/aromatic N) is 1. The van der Waals surface area contributed by atoms with Crippen LogP contribution in [0.5, 0.6) is 0 Å². The van der Waals surface area contributed by atoms with Crippen molar-refractivity contribution in [2.24, 2.45) is 0 Å². The lowest BCUT2D eigenvalue weighted by Crippen LogP contribution is -2.40.